The molecule has 1 aliphatic carbocycles. The maximum atomic E-state index is 15.6. The molecule has 0 radical (unpaired) electrons. The highest BCUT2D eigenvalue weighted by Gasteiger charge is 2.44. The quantitative estimate of drug-likeness (QED) is 0.338. The summed E-state index contributed by atoms with van der Waals surface area (Å²) < 4.78 is 107. The smallest absolute Gasteiger partial charge is 0.416 e. The molecule has 2 aliphatic rings. The van der Waals surface area contributed by atoms with E-state index in [9.17, 15) is 41.0 Å². The Kier molecular flexibility index (Phi) is 8.02. The first-order valence-electron chi connectivity index (χ1n) is 12.9. The average molecular weight is 604 g/mol. The molecule has 0 unspecified atom stereocenters. The van der Waals surface area contributed by atoms with Crippen molar-refractivity contribution in [1.29, 1.82) is 0 Å². The van der Waals surface area contributed by atoms with E-state index in [1.807, 2.05) is 13.8 Å². The van der Waals surface area contributed by atoms with Crippen molar-refractivity contribution in [2.75, 3.05) is 13.7 Å². The SMILES string of the molecule is COc1ccc(C(=O)O)c(F)c1C1=C(CN2C(=O)O[C@H](c3cc(C(F)(F)F)cc(C(F)(F)F)c3)[C@@H]2C)CC(C)(C)CC1. The average Bonchev–Trinajstić information content (AvgIpc) is 3.15. The number of amides is 1. The van der Waals surface area contributed by atoms with Crippen LogP contribution in [0, 0.1) is 11.2 Å². The van der Waals surface area contributed by atoms with E-state index in [1.165, 1.54) is 25.0 Å². The highest BCUT2D eigenvalue weighted by molar-refractivity contribution is 5.90. The van der Waals surface area contributed by atoms with Crippen LogP contribution in [0.25, 0.3) is 5.57 Å². The van der Waals surface area contributed by atoms with E-state index in [4.69, 9.17) is 9.47 Å². The topological polar surface area (TPSA) is 76.1 Å². The molecule has 0 spiro atoms. The summed E-state index contributed by atoms with van der Waals surface area (Å²) >= 11 is 0. The molecule has 1 saturated heterocycles. The van der Waals surface area contributed by atoms with Gasteiger partial charge in [-0.2, -0.15) is 26.3 Å². The second-order valence-corrected chi connectivity index (χ2v) is 11.2. The lowest BCUT2D eigenvalue weighted by molar-refractivity contribution is -0.143. The molecule has 6 nitrogen and oxygen atoms in total. The molecule has 1 N–H and O–H groups in total. The largest absolute Gasteiger partial charge is 0.496 e. The number of carboxylic acids is 1. The van der Waals surface area contributed by atoms with Crippen LogP contribution in [0.2, 0.25) is 0 Å². The molecule has 0 aromatic heterocycles. The number of methoxy groups -OCH3 is 1. The van der Waals surface area contributed by atoms with Crippen LogP contribution in [0.5, 0.6) is 5.75 Å². The Morgan fingerprint density at radius 1 is 1.10 bits per heavy atom. The molecule has 1 heterocycles. The molecular formula is C29H28F7NO5. The number of carbonyl (C=O) groups excluding carboxylic acids is 1. The molecule has 0 saturated carbocycles. The van der Waals surface area contributed by atoms with Crippen LogP contribution in [0.4, 0.5) is 35.5 Å². The Bertz CT molecular complexity index is 1410. The van der Waals surface area contributed by atoms with E-state index in [0.717, 1.165) is 6.07 Å². The van der Waals surface area contributed by atoms with Crippen LogP contribution in [0.15, 0.2) is 35.9 Å². The number of benzene rings is 2. The van der Waals surface area contributed by atoms with Crippen molar-refractivity contribution in [2.45, 2.75) is 64.5 Å². The summed E-state index contributed by atoms with van der Waals surface area (Å²) in [5.41, 5.74) is -3.57. The summed E-state index contributed by atoms with van der Waals surface area (Å²) in [7, 11) is 1.29. The summed E-state index contributed by atoms with van der Waals surface area (Å²) in [6.45, 7) is 5.14. The summed E-state index contributed by atoms with van der Waals surface area (Å²) in [4.78, 5) is 25.8. The number of carboxylic acid groups (broad SMARTS) is 1. The number of cyclic esters (lactones) is 1. The van der Waals surface area contributed by atoms with Crippen molar-refractivity contribution in [1.82, 2.24) is 4.90 Å². The van der Waals surface area contributed by atoms with Gasteiger partial charge in [0, 0.05) is 6.54 Å². The van der Waals surface area contributed by atoms with E-state index in [-0.39, 0.29) is 29.3 Å². The van der Waals surface area contributed by atoms with Crippen molar-refractivity contribution in [3.05, 3.63) is 69.5 Å². The molecular weight excluding hydrogens is 575 g/mol. The van der Waals surface area contributed by atoms with E-state index in [2.05, 4.69) is 0 Å². The van der Waals surface area contributed by atoms with Crippen molar-refractivity contribution >= 4 is 17.6 Å². The molecule has 2 aromatic carbocycles. The zero-order valence-corrected chi connectivity index (χ0v) is 23.0. The zero-order chi connectivity index (χ0) is 31.4. The first-order valence-corrected chi connectivity index (χ1v) is 12.9. The lowest BCUT2D eigenvalue weighted by Crippen LogP contribution is -2.35. The van der Waals surface area contributed by atoms with Gasteiger partial charge in [0.15, 0.2) is 0 Å². The molecule has 13 heteroatoms. The number of hydrogen-bond acceptors (Lipinski definition) is 4. The fraction of sp³-hybridized carbons (Fsp3) is 0.448. The first-order chi connectivity index (χ1) is 19.3. The van der Waals surface area contributed by atoms with Crippen molar-refractivity contribution in [3.8, 4) is 5.75 Å². The van der Waals surface area contributed by atoms with Gasteiger partial charge in [-0.05, 0) is 78.6 Å². The molecule has 1 amide bonds. The molecule has 1 fully saturated rings. The minimum absolute atomic E-state index is 0.00289. The van der Waals surface area contributed by atoms with Gasteiger partial charge >= 0.3 is 24.4 Å². The van der Waals surface area contributed by atoms with E-state index < -0.39 is 64.6 Å². The van der Waals surface area contributed by atoms with E-state index in [1.54, 1.807) is 0 Å². The second-order valence-electron chi connectivity index (χ2n) is 11.2. The number of hydrogen-bond donors (Lipinski definition) is 1. The third-order valence-corrected chi connectivity index (χ3v) is 7.72. The number of halogens is 7. The van der Waals surface area contributed by atoms with Gasteiger partial charge in [-0.3, -0.25) is 4.90 Å². The monoisotopic (exact) mass is 603 g/mol. The highest BCUT2D eigenvalue weighted by Crippen LogP contribution is 2.47. The van der Waals surface area contributed by atoms with Crippen LogP contribution in [0.1, 0.15) is 78.7 Å². The molecule has 4 rings (SSSR count). The van der Waals surface area contributed by atoms with Crippen LogP contribution in [-0.2, 0) is 17.1 Å². The summed E-state index contributed by atoms with van der Waals surface area (Å²) in [6, 6.07) is 2.44. The number of aromatic carboxylic acids is 1. The number of allylic oxidation sites excluding steroid dienone is 1. The lowest BCUT2D eigenvalue weighted by atomic mass is 9.72. The Morgan fingerprint density at radius 2 is 1.69 bits per heavy atom. The summed E-state index contributed by atoms with van der Waals surface area (Å²) in [5.74, 6) is -2.44. The number of rotatable bonds is 6. The molecule has 42 heavy (non-hydrogen) atoms. The normalized spacial score (nSPS) is 21.0. The predicted molar refractivity (Wildman–Crippen MR) is 136 cm³/mol. The maximum absolute atomic E-state index is 15.6. The molecule has 1 aliphatic heterocycles. The minimum atomic E-state index is -5.08. The standard InChI is InChI=1S/C29H28F7NO5/c1-14-24(15-9-17(28(31,32)33)11-18(10-15)29(34,35)36)42-26(40)37(14)13-16-12-27(2,3)8-7-19(16)22-21(41-4)6-5-20(23(22)30)25(38)39/h5-6,9-11,14,24H,7-8,12-13H2,1-4H3,(H,38,39)/t14-,24-/m0/s1. The van der Waals surface area contributed by atoms with Gasteiger partial charge < -0.3 is 14.6 Å². The van der Waals surface area contributed by atoms with E-state index >= 15 is 4.39 Å². The maximum Gasteiger partial charge on any atom is 0.416 e. The Morgan fingerprint density at radius 3 is 2.21 bits per heavy atom. The molecule has 228 valence electrons. The number of alkyl halides is 6. The Labute approximate surface area is 236 Å². The van der Waals surface area contributed by atoms with Gasteiger partial charge in [-0.25, -0.2) is 14.0 Å². The van der Waals surface area contributed by atoms with Crippen LogP contribution in [-0.4, -0.2) is 41.8 Å². The lowest BCUT2D eigenvalue weighted by Gasteiger charge is -2.36. The summed E-state index contributed by atoms with van der Waals surface area (Å²) in [5, 5.41) is 9.47. The van der Waals surface area contributed by atoms with Crippen LogP contribution < -0.4 is 4.74 Å². The summed E-state index contributed by atoms with van der Waals surface area (Å²) in [6.07, 6.45) is -11.4. The predicted octanol–water partition coefficient (Wildman–Crippen LogP) is 8.12. The van der Waals surface area contributed by atoms with Gasteiger partial charge in [-0.15, -0.1) is 0 Å². The van der Waals surface area contributed by atoms with Gasteiger partial charge in [0.2, 0.25) is 0 Å². The van der Waals surface area contributed by atoms with Crippen LogP contribution in [0.3, 0.4) is 0 Å². The number of nitrogens with zero attached hydrogens (tertiary/aromatic N) is 1. The number of carbonyl (C=O) groups is 2. The first kappa shape index (κ1) is 31.2. The fourth-order valence-corrected chi connectivity index (χ4v) is 5.55. The highest BCUT2D eigenvalue weighted by atomic mass is 19.4. The molecule has 2 atom stereocenters. The Hall–Kier alpha value is -3.77. The Balaban J connectivity index is 1.78. The van der Waals surface area contributed by atoms with Crippen LogP contribution >= 0.6 is 0 Å². The third-order valence-electron chi connectivity index (χ3n) is 7.72. The minimum Gasteiger partial charge on any atom is -0.496 e. The van der Waals surface area contributed by atoms with Crippen molar-refractivity contribution < 1.29 is 54.9 Å². The van der Waals surface area contributed by atoms with Gasteiger partial charge in [0.25, 0.3) is 0 Å². The van der Waals surface area contributed by atoms with Crippen molar-refractivity contribution in [3.63, 3.8) is 0 Å². The van der Waals surface area contributed by atoms with Gasteiger partial charge in [0.05, 0.1) is 35.4 Å². The zero-order valence-electron chi connectivity index (χ0n) is 23.0. The molecule has 0 bridgehead atoms. The van der Waals surface area contributed by atoms with Gasteiger partial charge in [0.1, 0.15) is 17.7 Å². The van der Waals surface area contributed by atoms with Gasteiger partial charge in [-0.1, -0.05) is 13.8 Å². The molecule has 2 aromatic rings. The van der Waals surface area contributed by atoms with E-state index in [0.29, 0.717) is 42.5 Å². The third kappa shape index (κ3) is 6.05. The fourth-order valence-electron chi connectivity index (χ4n) is 5.55. The number of ether oxygens (including phenoxy) is 2. The second kappa shape index (κ2) is 10.8. The van der Waals surface area contributed by atoms with Crippen molar-refractivity contribution in [2.24, 2.45) is 5.41 Å².